The van der Waals surface area contributed by atoms with Crippen molar-refractivity contribution >= 4 is 62.3 Å². The van der Waals surface area contributed by atoms with Gasteiger partial charge in [0.1, 0.15) is 12.6 Å². The molecule has 0 radical (unpaired) electrons. The van der Waals surface area contributed by atoms with Crippen LogP contribution < -0.4 is 9.62 Å². The molecule has 0 bridgehead atoms. The van der Waals surface area contributed by atoms with Gasteiger partial charge in [-0.05, 0) is 80.8 Å². The summed E-state index contributed by atoms with van der Waals surface area (Å²) in [5.41, 5.74) is 1.50. The number of anilines is 1. The number of aryl methyl sites for hydroxylation is 1. The molecular weight excluding hydrogens is 593 g/mol. The lowest BCUT2D eigenvalue weighted by Gasteiger charge is -2.33. The minimum Gasteiger partial charge on any atom is -0.352 e. The highest BCUT2D eigenvalue weighted by Gasteiger charge is 2.33. The molecule has 0 aliphatic heterocycles. The molecule has 214 valence electrons. The number of nitrogens with zero attached hydrogens (tertiary/aromatic N) is 2. The van der Waals surface area contributed by atoms with E-state index in [2.05, 4.69) is 5.32 Å². The molecule has 2 atom stereocenters. The Morgan fingerprint density at radius 1 is 0.925 bits per heavy atom. The number of halogens is 3. The maximum absolute atomic E-state index is 14.0. The van der Waals surface area contributed by atoms with Gasteiger partial charge in [-0.25, -0.2) is 8.42 Å². The monoisotopic (exact) mass is 623 g/mol. The lowest BCUT2D eigenvalue weighted by atomic mass is 10.1. The normalized spacial score (nSPS) is 12.9. The molecule has 0 aromatic heterocycles. The van der Waals surface area contributed by atoms with Gasteiger partial charge in [-0.15, -0.1) is 0 Å². The summed E-state index contributed by atoms with van der Waals surface area (Å²) < 4.78 is 28.8. The molecule has 1 N–H and O–H groups in total. The lowest BCUT2D eigenvalue weighted by molar-refractivity contribution is -0.139. The summed E-state index contributed by atoms with van der Waals surface area (Å²) in [7, 11) is -4.17. The Bertz CT molecular complexity index is 1470. The van der Waals surface area contributed by atoms with Gasteiger partial charge in [-0.3, -0.25) is 13.9 Å². The molecule has 7 nitrogen and oxygen atoms in total. The maximum atomic E-state index is 14.0. The summed E-state index contributed by atoms with van der Waals surface area (Å²) in [5.74, 6) is -0.936. The smallest absolute Gasteiger partial charge is 0.264 e. The minimum absolute atomic E-state index is 0.00361. The van der Waals surface area contributed by atoms with Crippen molar-refractivity contribution in [2.45, 2.75) is 57.6 Å². The second-order valence-electron chi connectivity index (χ2n) is 9.52. The van der Waals surface area contributed by atoms with Gasteiger partial charge >= 0.3 is 0 Å². The number of sulfonamides is 1. The maximum Gasteiger partial charge on any atom is 0.264 e. The van der Waals surface area contributed by atoms with E-state index in [1.807, 2.05) is 13.8 Å². The van der Waals surface area contributed by atoms with Crippen molar-refractivity contribution in [1.29, 1.82) is 0 Å². The van der Waals surface area contributed by atoms with Crippen LogP contribution in [0.15, 0.2) is 71.6 Å². The van der Waals surface area contributed by atoms with Crippen molar-refractivity contribution in [3.63, 3.8) is 0 Å². The highest BCUT2D eigenvalue weighted by atomic mass is 35.5. The quantitative estimate of drug-likeness (QED) is 0.265. The lowest BCUT2D eigenvalue weighted by Crippen LogP contribution is -2.52. The van der Waals surface area contributed by atoms with E-state index < -0.39 is 28.5 Å². The molecule has 2 amide bonds. The standard InChI is InChI=1S/C29H32Cl3N3O4S/c1-5-20(3)33-29(37)21(4)34(17-22-11-13-25(31)26(32)16-22)28(36)18-35(27-14-12-23(30)15-19(27)2)40(38,39)24-9-7-6-8-10-24/h6-16,20-21H,5,17-18H2,1-4H3,(H,33,37)/t20-,21+/m0/s1. The molecule has 3 aromatic carbocycles. The Balaban J connectivity index is 2.06. The summed E-state index contributed by atoms with van der Waals surface area (Å²) in [5, 5.41) is 3.98. The van der Waals surface area contributed by atoms with Gasteiger partial charge in [0.25, 0.3) is 10.0 Å². The van der Waals surface area contributed by atoms with Crippen molar-refractivity contribution in [1.82, 2.24) is 10.2 Å². The number of amides is 2. The number of carbonyl (C=O) groups is 2. The number of benzene rings is 3. The van der Waals surface area contributed by atoms with E-state index >= 15 is 0 Å². The van der Waals surface area contributed by atoms with Crippen molar-refractivity contribution in [2.75, 3.05) is 10.8 Å². The number of nitrogens with one attached hydrogen (secondary N) is 1. The highest BCUT2D eigenvalue weighted by Crippen LogP contribution is 2.30. The van der Waals surface area contributed by atoms with E-state index in [4.69, 9.17) is 34.8 Å². The Labute approximate surface area is 251 Å². The van der Waals surface area contributed by atoms with E-state index in [1.165, 1.54) is 17.0 Å². The zero-order chi connectivity index (χ0) is 29.6. The zero-order valence-corrected chi connectivity index (χ0v) is 25.8. The first-order chi connectivity index (χ1) is 18.8. The van der Waals surface area contributed by atoms with E-state index in [-0.39, 0.29) is 23.4 Å². The topological polar surface area (TPSA) is 86.8 Å². The summed E-state index contributed by atoms with van der Waals surface area (Å²) >= 11 is 18.4. The van der Waals surface area contributed by atoms with E-state index in [9.17, 15) is 18.0 Å². The molecular formula is C29H32Cl3N3O4S. The van der Waals surface area contributed by atoms with Crippen molar-refractivity contribution < 1.29 is 18.0 Å². The molecule has 0 saturated heterocycles. The van der Waals surface area contributed by atoms with Crippen LogP contribution in [0, 0.1) is 6.92 Å². The Morgan fingerprint density at radius 3 is 2.20 bits per heavy atom. The number of hydrogen-bond donors (Lipinski definition) is 1. The van der Waals surface area contributed by atoms with Crippen molar-refractivity contribution in [3.05, 3.63) is 92.9 Å². The fourth-order valence-electron chi connectivity index (χ4n) is 4.01. The van der Waals surface area contributed by atoms with Crippen molar-refractivity contribution in [2.24, 2.45) is 0 Å². The Morgan fingerprint density at radius 2 is 1.60 bits per heavy atom. The summed E-state index contributed by atoms with van der Waals surface area (Å²) in [6, 6.07) is 16.5. The predicted molar refractivity (Wildman–Crippen MR) is 162 cm³/mol. The summed E-state index contributed by atoms with van der Waals surface area (Å²) in [6.07, 6.45) is 0.706. The van der Waals surface area contributed by atoms with Gasteiger partial charge in [0.2, 0.25) is 11.8 Å². The van der Waals surface area contributed by atoms with Crippen LogP contribution in [0.2, 0.25) is 15.1 Å². The molecule has 11 heteroatoms. The third-order valence-corrected chi connectivity index (χ3v) is 9.29. The van der Waals surface area contributed by atoms with Crippen LogP contribution in [-0.4, -0.2) is 43.8 Å². The van der Waals surface area contributed by atoms with Gasteiger partial charge in [-0.2, -0.15) is 0 Å². The molecule has 0 spiro atoms. The van der Waals surface area contributed by atoms with Crippen molar-refractivity contribution in [3.8, 4) is 0 Å². The summed E-state index contributed by atoms with van der Waals surface area (Å²) in [4.78, 5) is 28.5. The molecule has 0 aliphatic carbocycles. The van der Waals surface area contributed by atoms with E-state index in [0.717, 1.165) is 4.31 Å². The number of carbonyl (C=O) groups excluding carboxylic acids is 2. The van der Waals surface area contributed by atoms with Gasteiger partial charge in [-0.1, -0.05) is 66.0 Å². The fourth-order valence-corrected chi connectivity index (χ4v) is 6.06. The van der Waals surface area contributed by atoms with E-state index in [0.29, 0.717) is 38.3 Å². The number of hydrogen-bond acceptors (Lipinski definition) is 4. The molecule has 0 aliphatic rings. The third-order valence-electron chi connectivity index (χ3n) is 6.54. The first-order valence-electron chi connectivity index (χ1n) is 12.7. The Hall–Kier alpha value is -2.78. The average Bonchev–Trinajstić information content (AvgIpc) is 2.92. The summed E-state index contributed by atoms with van der Waals surface area (Å²) in [6.45, 7) is 6.58. The van der Waals surface area contributed by atoms with Crippen LogP contribution in [0.25, 0.3) is 0 Å². The van der Waals surface area contributed by atoms with Crippen LogP contribution in [0.1, 0.15) is 38.3 Å². The largest absolute Gasteiger partial charge is 0.352 e. The second-order valence-corrected chi connectivity index (χ2v) is 12.6. The van der Waals surface area contributed by atoms with Gasteiger partial charge in [0.15, 0.2) is 0 Å². The van der Waals surface area contributed by atoms with Crippen LogP contribution in [-0.2, 0) is 26.2 Å². The van der Waals surface area contributed by atoms with E-state index in [1.54, 1.807) is 68.4 Å². The molecule has 0 fully saturated rings. The molecule has 0 unspecified atom stereocenters. The SMILES string of the molecule is CC[C@H](C)NC(=O)[C@@H](C)N(Cc1ccc(Cl)c(Cl)c1)C(=O)CN(c1ccc(Cl)cc1C)S(=O)(=O)c1ccccc1. The van der Waals surface area contributed by atoms with Crippen LogP contribution >= 0.6 is 34.8 Å². The first-order valence-corrected chi connectivity index (χ1v) is 15.3. The molecule has 3 aromatic rings. The minimum atomic E-state index is -4.17. The van der Waals surface area contributed by atoms with Crippen LogP contribution in [0.3, 0.4) is 0 Å². The second kappa shape index (κ2) is 13.7. The van der Waals surface area contributed by atoms with Gasteiger partial charge in [0.05, 0.1) is 20.6 Å². The third kappa shape index (κ3) is 7.69. The average molecular weight is 625 g/mol. The fraction of sp³-hybridized carbons (Fsp3) is 0.310. The van der Waals surface area contributed by atoms with Gasteiger partial charge in [0, 0.05) is 17.6 Å². The van der Waals surface area contributed by atoms with Gasteiger partial charge < -0.3 is 10.2 Å². The predicted octanol–water partition coefficient (Wildman–Crippen LogP) is 6.48. The molecule has 3 rings (SSSR count). The molecule has 0 saturated carbocycles. The zero-order valence-electron chi connectivity index (χ0n) is 22.7. The highest BCUT2D eigenvalue weighted by molar-refractivity contribution is 7.92. The molecule has 40 heavy (non-hydrogen) atoms. The first kappa shape index (κ1) is 31.7. The molecule has 0 heterocycles. The van der Waals surface area contributed by atoms with Crippen LogP contribution in [0.5, 0.6) is 0 Å². The Kier molecular flexibility index (Phi) is 10.9. The number of rotatable bonds is 11. The van der Waals surface area contributed by atoms with Crippen LogP contribution in [0.4, 0.5) is 5.69 Å².